The van der Waals surface area contributed by atoms with Gasteiger partial charge in [-0.15, -0.1) is 10.2 Å². The van der Waals surface area contributed by atoms with Crippen LogP contribution in [0.4, 0.5) is 0 Å². The lowest BCUT2D eigenvalue weighted by atomic mass is 9.86. The maximum absolute atomic E-state index is 10.2. The second-order valence-electron chi connectivity index (χ2n) is 5.07. The molecular weight excluding hydrogens is 216 g/mol. The summed E-state index contributed by atoms with van der Waals surface area (Å²) in [7, 11) is 1.75. The number of aromatic nitrogens is 4. The average Bonchev–Trinajstić information content (AvgIpc) is 2.63. The van der Waals surface area contributed by atoms with Crippen molar-refractivity contribution >= 4 is 0 Å². The highest BCUT2D eigenvalue weighted by Gasteiger charge is 2.21. The van der Waals surface area contributed by atoms with Crippen molar-refractivity contribution < 1.29 is 5.11 Å². The van der Waals surface area contributed by atoms with E-state index >= 15 is 0 Å². The predicted octanol–water partition coefficient (Wildman–Crippen LogP) is 1.47. The van der Waals surface area contributed by atoms with Gasteiger partial charge in [-0.25, -0.2) is 0 Å². The number of nitrogens with zero attached hydrogens (tertiary/aromatic N) is 4. The molecule has 1 N–H and O–H groups in total. The average molecular weight is 238 g/mol. The second-order valence-corrected chi connectivity index (χ2v) is 5.07. The Morgan fingerprint density at radius 2 is 1.88 bits per heavy atom. The van der Waals surface area contributed by atoms with Crippen LogP contribution in [0.5, 0.6) is 0 Å². The summed E-state index contributed by atoms with van der Waals surface area (Å²) in [5, 5.41) is 22.1. The summed E-state index contributed by atoms with van der Waals surface area (Å²) in [6, 6.07) is 0. The number of aliphatic hydroxyl groups is 1. The summed E-state index contributed by atoms with van der Waals surface area (Å²) >= 11 is 0. The Kier molecular flexibility index (Phi) is 4.48. The third-order valence-corrected chi connectivity index (χ3v) is 3.64. The van der Waals surface area contributed by atoms with Gasteiger partial charge in [0.2, 0.25) is 0 Å². The van der Waals surface area contributed by atoms with Crippen LogP contribution in [0, 0.1) is 5.92 Å². The fraction of sp³-hybridized carbons (Fsp3) is 0.917. The van der Waals surface area contributed by atoms with Crippen molar-refractivity contribution in [2.45, 2.75) is 57.5 Å². The van der Waals surface area contributed by atoms with Crippen molar-refractivity contribution in [2.75, 3.05) is 0 Å². The Morgan fingerprint density at radius 3 is 2.47 bits per heavy atom. The fourth-order valence-electron chi connectivity index (χ4n) is 2.63. The molecule has 0 spiro atoms. The van der Waals surface area contributed by atoms with E-state index in [0.717, 1.165) is 12.8 Å². The third kappa shape index (κ3) is 3.77. The summed E-state index contributed by atoms with van der Waals surface area (Å²) in [5.41, 5.74) is 0. The number of hydrogen-bond acceptors (Lipinski definition) is 4. The van der Waals surface area contributed by atoms with Gasteiger partial charge in [0.1, 0.15) is 0 Å². The first kappa shape index (κ1) is 12.5. The van der Waals surface area contributed by atoms with Gasteiger partial charge in [0.25, 0.3) is 0 Å². The van der Waals surface area contributed by atoms with Crippen molar-refractivity contribution in [3.8, 4) is 0 Å². The van der Waals surface area contributed by atoms with Crippen LogP contribution in [0.15, 0.2) is 0 Å². The maximum Gasteiger partial charge on any atom is 0.177 e. The molecule has 0 aromatic carbocycles. The van der Waals surface area contributed by atoms with E-state index < -0.39 is 0 Å². The molecule has 0 aliphatic heterocycles. The number of rotatable bonds is 3. The van der Waals surface area contributed by atoms with Gasteiger partial charge >= 0.3 is 0 Å². The van der Waals surface area contributed by atoms with E-state index in [1.165, 1.54) is 36.9 Å². The third-order valence-electron chi connectivity index (χ3n) is 3.64. The molecule has 17 heavy (non-hydrogen) atoms. The first-order valence-corrected chi connectivity index (χ1v) is 6.66. The molecule has 1 atom stereocenters. The van der Waals surface area contributed by atoms with E-state index in [1.54, 1.807) is 7.05 Å². The van der Waals surface area contributed by atoms with E-state index in [9.17, 15) is 5.11 Å². The monoisotopic (exact) mass is 238 g/mol. The van der Waals surface area contributed by atoms with Gasteiger partial charge in [-0.05, 0) is 24.0 Å². The Morgan fingerprint density at radius 1 is 1.24 bits per heavy atom. The summed E-state index contributed by atoms with van der Waals surface area (Å²) in [6.07, 6.45) is 8.98. The first-order chi connectivity index (χ1) is 8.25. The molecule has 0 bridgehead atoms. The minimum absolute atomic E-state index is 0.308. The van der Waals surface area contributed by atoms with Crippen LogP contribution < -0.4 is 0 Å². The summed E-state index contributed by atoms with van der Waals surface area (Å²) in [6.45, 7) is 0. The number of aliphatic hydroxyl groups excluding tert-OH is 1. The van der Waals surface area contributed by atoms with Crippen LogP contribution >= 0.6 is 0 Å². The molecule has 1 unspecified atom stereocenters. The number of tetrazole rings is 1. The molecule has 1 heterocycles. The molecule has 2 rings (SSSR count). The van der Waals surface area contributed by atoms with Crippen LogP contribution in [0.3, 0.4) is 0 Å². The van der Waals surface area contributed by atoms with Crippen molar-refractivity contribution in [3.05, 3.63) is 5.82 Å². The van der Waals surface area contributed by atoms with Gasteiger partial charge in [0.15, 0.2) is 5.82 Å². The number of aryl methyl sites for hydroxylation is 1. The Bertz CT molecular complexity index is 331. The minimum Gasteiger partial charge on any atom is -0.392 e. The van der Waals surface area contributed by atoms with Gasteiger partial charge < -0.3 is 5.11 Å². The molecule has 1 aromatic heterocycles. The van der Waals surface area contributed by atoms with Gasteiger partial charge in [-0.1, -0.05) is 32.1 Å². The van der Waals surface area contributed by atoms with E-state index in [4.69, 9.17) is 0 Å². The normalized spacial score (nSPS) is 20.8. The molecule has 5 nitrogen and oxygen atoms in total. The molecule has 0 saturated heterocycles. The zero-order chi connectivity index (χ0) is 12.1. The highest BCUT2D eigenvalue weighted by Crippen LogP contribution is 2.25. The topological polar surface area (TPSA) is 63.8 Å². The summed E-state index contributed by atoms with van der Waals surface area (Å²) in [4.78, 5) is 1.44. The van der Waals surface area contributed by atoms with Crippen molar-refractivity contribution in [1.29, 1.82) is 0 Å². The van der Waals surface area contributed by atoms with Crippen molar-refractivity contribution in [3.63, 3.8) is 0 Å². The molecular formula is C12H22N4O. The van der Waals surface area contributed by atoms with E-state index in [1.807, 2.05) is 0 Å². The van der Waals surface area contributed by atoms with Crippen molar-refractivity contribution in [1.82, 2.24) is 20.2 Å². The lowest BCUT2D eigenvalue weighted by Gasteiger charge is -2.23. The molecule has 0 amide bonds. The molecule has 1 aliphatic carbocycles. The highest BCUT2D eigenvalue weighted by atomic mass is 16.3. The van der Waals surface area contributed by atoms with E-state index in [2.05, 4.69) is 15.4 Å². The highest BCUT2D eigenvalue weighted by molar-refractivity contribution is 4.84. The Labute approximate surface area is 102 Å². The Balaban J connectivity index is 1.86. The SMILES string of the molecule is Cn1nnc(CC(O)C2CCCCCCC2)n1. The molecule has 96 valence electrons. The van der Waals surface area contributed by atoms with E-state index in [0.29, 0.717) is 18.2 Å². The van der Waals surface area contributed by atoms with Gasteiger partial charge in [0.05, 0.1) is 13.2 Å². The van der Waals surface area contributed by atoms with Crippen LogP contribution in [0.2, 0.25) is 0 Å². The van der Waals surface area contributed by atoms with Crippen LogP contribution in [-0.2, 0) is 13.5 Å². The van der Waals surface area contributed by atoms with E-state index in [-0.39, 0.29) is 6.10 Å². The molecule has 1 fully saturated rings. The second kappa shape index (κ2) is 6.10. The Hall–Kier alpha value is -0.970. The fourth-order valence-corrected chi connectivity index (χ4v) is 2.63. The molecule has 1 saturated carbocycles. The largest absolute Gasteiger partial charge is 0.392 e. The first-order valence-electron chi connectivity index (χ1n) is 6.66. The van der Waals surface area contributed by atoms with Crippen LogP contribution in [-0.4, -0.2) is 31.4 Å². The minimum atomic E-state index is -0.308. The summed E-state index contributed by atoms with van der Waals surface area (Å²) in [5.74, 6) is 1.07. The van der Waals surface area contributed by atoms with Gasteiger partial charge in [-0.3, -0.25) is 0 Å². The smallest absolute Gasteiger partial charge is 0.177 e. The van der Waals surface area contributed by atoms with Crippen LogP contribution in [0.25, 0.3) is 0 Å². The zero-order valence-corrected chi connectivity index (χ0v) is 10.5. The summed E-state index contributed by atoms with van der Waals surface area (Å²) < 4.78 is 0. The van der Waals surface area contributed by atoms with Gasteiger partial charge in [0, 0.05) is 6.42 Å². The van der Waals surface area contributed by atoms with Crippen molar-refractivity contribution in [2.24, 2.45) is 13.0 Å². The standard InChI is InChI=1S/C12H22N4O/c1-16-14-12(13-15-16)9-11(17)10-7-5-3-2-4-6-8-10/h10-11,17H,2-9H2,1H3. The zero-order valence-electron chi connectivity index (χ0n) is 10.5. The lowest BCUT2D eigenvalue weighted by molar-refractivity contribution is 0.0894. The number of hydrogen-bond donors (Lipinski definition) is 1. The van der Waals surface area contributed by atoms with Crippen LogP contribution in [0.1, 0.15) is 50.8 Å². The predicted molar refractivity (Wildman–Crippen MR) is 64.3 cm³/mol. The molecule has 5 heteroatoms. The maximum atomic E-state index is 10.2. The molecule has 1 aromatic rings. The lowest BCUT2D eigenvalue weighted by Crippen LogP contribution is -2.24. The van der Waals surface area contributed by atoms with Gasteiger partial charge in [-0.2, -0.15) is 4.80 Å². The molecule has 0 radical (unpaired) electrons. The molecule has 1 aliphatic rings. The quantitative estimate of drug-likeness (QED) is 0.866.